The van der Waals surface area contributed by atoms with Crippen LogP contribution in [0, 0.1) is 0 Å². The number of carbonyl (C=O) groups is 1. The highest BCUT2D eigenvalue weighted by atomic mass is 32.1. The van der Waals surface area contributed by atoms with Crippen LogP contribution in [0.15, 0.2) is 24.3 Å². The maximum absolute atomic E-state index is 11.0. The molecule has 3 nitrogen and oxygen atoms in total. The lowest BCUT2D eigenvalue weighted by Gasteiger charge is -1.92. The number of aromatic hydroxyl groups is 1. The lowest BCUT2D eigenvalue weighted by molar-refractivity contribution is 0.1000. The third-order valence-electron chi connectivity index (χ3n) is 1.82. The lowest BCUT2D eigenvalue weighted by atomic mass is 10.1. The van der Waals surface area contributed by atoms with Crippen molar-refractivity contribution in [2.45, 2.75) is 0 Å². The van der Waals surface area contributed by atoms with Crippen LogP contribution in [0.4, 0.5) is 0 Å². The molecule has 1 amide bonds. The third kappa shape index (κ3) is 1.15. The van der Waals surface area contributed by atoms with E-state index >= 15 is 0 Å². The molecule has 0 aliphatic heterocycles. The van der Waals surface area contributed by atoms with Gasteiger partial charge in [0.2, 0.25) is 0 Å². The van der Waals surface area contributed by atoms with Gasteiger partial charge in [0.25, 0.3) is 5.91 Å². The summed E-state index contributed by atoms with van der Waals surface area (Å²) >= 11 is 1.16. The minimum atomic E-state index is -0.588. The van der Waals surface area contributed by atoms with Crippen molar-refractivity contribution in [3.05, 3.63) is 29.8 Å². The first-order chi connectivity index (χ1) is 6.20. The zero-order valence-electron chi connectivity index (χ0n) is 6.65. The number of benzene rings is 1. The van der Waals surface area contributed by atoms with Gasteiger partial charge < -0.3 is 10.8 Å². The number of rotatable bonds is 1. The van der Waals surface area contributed by atoms with Gasteiger partial charge in [0.1, 0.15) is 5.56 Å². The van der Waals surface area contributed by atoms with E-state index in [0.717, 1.165) is 21.4 Å². The molecule has 4 heteroatoms. The van der Waals surface area contributed by atoms with Gasteiger partial charge in [-0.3, -0.25) is 4.79 Å². The molecule has 1 heterocycles. The maximum atomic E-state index is 11.0. The highest BCUT2D eigenvalue weighted by Gasteiger charge is 2.14. The van der Waals surface area contributed by atoms with E-state index in [9.17, 15) is 9.90 Å². The minimum Gasteiger partial charge on any atom is -0.499 e. The van der Waals surface area contributed by atoms with E-state index in [2.05, 4.69) is 0 Å². The topological polar surface area (TPSA) is 63.3 Å². The van der Waals surface area contributed by atoms with Gasteiger partial charge in [-0.15, -0.1) is 0 Å². The van der Waals surface area contributed by atoms with Crippen molar-refractivity contribution in [3.8, 4) is 5.06 Å². The number of hydrogen-bond donors (Lipinski definition) is 2. The van der Waals surface area contributed by atoms with Crippen molar-refractivity contribution in [1.29, 1.82) is 0 Å². The van der Waals surface area contributed by atoms with Crippen LogP contribution < -0.4 is 5.73 Å². The number of hydrogen-bond acceptors (Lipinski definition) is 3. The van der Waals surface area contributed by atoms with Crippen LogP contribution in [0.5, 0.6) is 5.06 Å². The monoisotopic (exact) mass is 193 g/mol. The summed E-state index contributed by atoms with van der Waals surface area (Å²) in [6.45, 7) is 0. The van der Waals surface area contributed by atoms with E-state index in [0.29, 0.717) is 0 Å². The largest absolute Gasteiger partial charge is 0.499 e. The molecule has 3 N–H and O–H groups in total. The van der Waals surface area contributed by atoms with E-state index < -0.39 is 5.91 Å². The molecular formula is C9H7NO2S. The van der Waals surface area contributed by atoms with Crippen molar-refractivity contribution in [2.24, 2.45) is 5.73 Å². The van der Waals surface area contributed by atoms with E-state index in [-0.39, 0.29) is 10.6 Å². The molecule has 0 saturated carbocycles. The molecule has 0 bridgehead atoms. The van der Waals surface area contributed by atoms with Gasteiger partial charge in [-0.2, -0.15) is 0 Å². The second-order valence-electron chi connectivity index (χ2n) is 2.64. The van der Waals surface area contributed by atoms with Crippen LogP contribution in [-0.4, -0.2) is 11.0 Å². The first kappa shape index (κ1) is 8.07. The van der Waals surface area contributed by atoms with Gasteiger partial charge in [-0.05, 0) is 6.07 Å². The summed E-state index contributed by atoms with van der Waals surface area (Å²) in [5.41, 5.74) is 5.36. The Bertz CT molecular complexity index is 475. The SMILES string of the molecule is NC(=O)c1c(O)sc2ccccc12. The van der Waals surface area contributed by atoms with E-state index in [4.69, 9.17) is 5.73 Å². The molecule has 0 spiro atoms. The molecule has 1 aromatic carbocycles. The average Bonchev–Trinajstić information content (AvgIpc) is 2.39. The van der Waals surface area contributed by atoms with Gasteiger partial charge in [0.15, 0.2) is 5.06 Å². The fourth-order valence-electron chi connectivity index (χ4n) is 1.27. The Morgan fingerprint density at radius 2 is 2.08 bits per heavy atom. The minimum absolute atomic E-state index is 0.00583. The fraction of sp³-hybridized carbons (Fsp3) is 0. The Labute approximate surface area is 78.4 Å². The van der Waals surface area contributed by atoms with Crippen molar-refractivity contribution in [1.82, 2.24) is 0 Å². The van der Waals surface area contributed by atoms with Gasteiger partial charge in [0.05, 0.1) is 0 Å². The summed E-state index contributed by atoms with van der Waals surface area (Å²) in [5, 5.41) is 10.1. The molecule has 0 unspecified atom stereocenters. The van der Waals surface area contributed by atoms with Gasteiger partial charge in [0, 0.05) is 10.1 Å². The summed E-state index contributed by atoms with van der Waals surface area (Å²) in [6, 6.07) is 7.27. The second-order valence-corrected chi connectivity index (χ2v) is 3.67. The zero-order valence-corrected chi connectivity index (χ0v) is 7.47. The van der Waals surface area contributed by atoms with Crippen molar-refractivity contribution >= 4 is 27.3 Å². The quantitative estimate of drug-likeness (QED) is 0.724. The molecule has 2 rings (SSSR count). The Morgan fingerprint density at radius 1 is 1.38 bits per heavy atom. The Hall–Kier alpha value is -1.55. The number of carbonyl (C=O) groups excluding carboxylic acids is 1. The summed E-state index contributed by atoms with van der Waals surface area (Å²) in [5.74, 6) is -0.588. The Balaban J connectivity index is 2.86. The number of thiophene rings is 1. The Kier molecular flexibility index (Phi) is 1.70. The number of nitrogens with two attached hydrogens (primary N) is 1. The normalized spacial score (nSPS) is 10.5. The summed E-state index contributed by atoms with van der Waals surface area (Å²) < 4.78 is 0.869. The number of primary amides is 1. The van der Waals surface area contributed by atoms with E-state index in [1.807, 2.05) is 12.1 Å². The first-order valence-corrected chi connectivity index (χ1v) is 4.52. The maximum Gasteiger partial charge on any atom is 0.254 e. The van der Waals surface area contributed by atoms with E-state index in [1.165, 1.54) is 0 Å². The summed E-state index contributed by atoms with van der Waals surface area (Å²) in [4.78, 5) is 11.0. The standard InChI is InChI=1S/C9H7NO2S/c10-8(11)7-5-3-1-2-4-6(5)13-9(7)12/h1-4,12H,(H2,10,11). The second kappa shape index (κ2) is 2.74. The number of fused-ring (bicyclic) bond motifs is 1. The first-order valence-electron chi connectivity index (χ1n) is 3.70. The van der Waals surface area contributed by atoms with Crippen LogP contribution in [-0.2, 0) is 0 Å². The van der Waals surface area contributed by atoms with E-state index in [1.54, 1.807) is 12.1 Å². The van der Waals surface area contributed by atoms with Gasteiger partial charge >= 0.3 is 0 Å². The molecule has 0 aliphatic rings. The van der Waals surface area contributed by atoms with Crippen LogP contribution >= 0.6 is 11.3 Å². The number of amides is 1. The van der Waals surface area contributed by atoms with Crippen LogP contribution in [0.2, 0.25) is 0 Å². The third-order valence-corrected chi connectivity index (χ3v) is 2.80. The molecule has 1 aromatic heterocycles. The van der Waals surface area contributed by atoms with Gasteiger partial charge in [-0.25, -0.2) is 0 Å². The smallest absolute Gasteiger partial charge is 0.254 e. The summed E-state index contributed by atoms with van der Waals surface area (Å²) in [7, 11) is 0. The molecule has 0 radical (unpaired) electrons. The molecule has 13 heavy (non-hydrogen) atoms. The van der Waals surface area contributed by atoms with Crippen molar-refractivity contribution < 1.29 is 9.90 Å². The molecule has 0 saturated heterocycles. The van der Waals surface area contributed by atoms with Crippen molar-refractivity contribution in [2.75, 3.05) is 0 Å². The van der Waals surface area contributed by atoms with Crippen LogP contribution in [0.1, 0.15) is 10.4 Å². The summed E-state index contributed by atoms with van der Waals surface area (Å²) in [6.07, 6.45) is 0. The predicted molar refractivity (Wildman–Crippen MR) is 52.0 cm³/mol. The highest BCUT2D eigenvalue weighted by Crippen LogP contribution is 2.35. The molecule has 2 aromatic rings. The molecule has 66 valence electrons. The van der Waals surface area contributed by atoms with Crippen LogP contribution in [0.25, 0.3) is 10.1 Å². The Morgan fingerprint density at radius 3 is 2.77 bits per heavy atom. The fourth-order valence-corrected chi connectivity index (χ4v) is 2.22. The molecule has 0 atom stereocenters. The predicted octanol–water partition coefficient (Wildman–Crippen LogP) is 1.71. The lowest BCUT2D eigenvalue weighted by Crippen LogP contribution is -2.10. The average molecular weight is 193 g/mol. The highest BCUT2D eigenvalue weighted by molar-refractivity contribution is 7.21. The molecular weight excluding hydrogens is 186 g/mol. The molecule has 0 aliphatic carbocycles. The molecule has 0 fully saturated rings. The zero-order chi connectivity index (χ0) is 9.42. The van der Waals surface area contributed by atoms with Gasteiger partial charge in [-0.1, -0.05) is 29.5 Å². The van der Waals surface area contributed by atoms with Crippen molar-refractivity contribution in [3.63, 3.8) is 0 Å². The van der Waals surface area contributed by atoms with Crippen LogP contribution in [0.3, 0.4) is 0 Å².